The van der Waals surface area contributed by atoms with E-state index in [4.69, 9.17) is 23.6 Å². The highest BCUT2D eigenvalue weighted by Gasteiger charge is 2.35. The van der Waals surface area contributed by atoms with Crippen LogP contribution in [0.3, 0.4) is 0 Å². The first-order chi connectivity index (χ1) is 19.6. The van der Waals surface area contributed by atoms with Crippen molar-refractivity contribution in [3.8, 4) is 5.75 Å². The lowest BCUT2D eigenvalue weighted by atomic mass is 9.69. The molecule has 0 unspecified atom stereocenters. The van der Waals surface area contributed by atoms with Crippen molar-refractivity contribution in [2.75, 3.05) is 14.2 Å². The van der Waals surface area contributed by atoms with Crippen LogP contribution in [0.5, 0.6) is 5.75 Å². The van der Waals surface area contributed by atoms with Crippen molar-refractivity contribution >= 4 is 34.5 Å². The van der Waals surface area contributed by atoms with E-state index >= 15 is 0 Å². The number of para-hydroxylation sites is 1. The molecule has 0 N–H and O–H groups in total. The van der Waals surface area contributed by atoms with Gasteiger partial charge in [0.25, 0.3) is 0 Å². The number of carbonyl (C=O) groups is 2. The van der Waals surface area contributed by atoms with E-state index in [0.717, 1.165) is 45.5 Å². The van der Waals surface area contributed by atoms with E-state index in [1.807, 2.05) is 48.5 Å². The minimum Gasteiger partial charge on any atom is -0.497 e. The molecule has 1 atom stereocenters. The Morgan fingerprint density at radius 2 is 1.76 bits per heavy atom. The summed E-state index contributed by atoms with van der Waals surface area (Å²) in [6.45, 7) is 8.27. The van der Waals surface area contributed by atoms with Crippen LogP contribution in [-0.2, 0) is 22.5 Å². The molecule has 1 aliphatic rings. The summed E-state index contributed by atoms with van der Waals surface area (Å²) < 4.78 is 21.6. The average molecular weight is 554 g/mol. The number of fused-ring (bicyclic) bond motifs is 2. The lowest BCUT2D eigenvalue weighted by molar-refractivity contribution is 0.0443. The predicted molar refractivity (Wildman–Crippen MR) is 158 cm³/mol. The molecule has 0 bridgehead atoms. The number of esters is 2. The molecule has 0 spiro atoms. The second-order valence-corrected chi connectivity index (χ2v) is 11.5. The number of aryl methyl sites for hydroxylation is 1. The van der Waals surface area contributed by atoms with Crippen LogP contribution >= 0.6 is 0 Å². The van der Waals surface area contributed by atoms with Gasteiger partial charge in [0.2, 0.25) is 0 Å². The number of ether oxygens (including phenoxy) is 3. The quantitative estimate of drug-likeness (QED) is 0.229. The zero-order valence-corrected chi connectivity index (χ0v) is 24.4. The molecule has 0 saturated heterocycles. The van der Waals surface area contributed by atoms with Gasteiger partial charge in [-0.15, -0.1) is 0 Å². The summed E-state index contributed by atoms with van der Waals surface area (Å²) in [6.07, 6.45) is 3.70. The molecule has 0 aliphatic heterocycles. The van der Waals surface area contributed by atoms with E-state index in [0.29, 0.717) is 29.1 Å². The van der Waals surface area contributed by atoms with Gasteiger partial charge in [-0.1, -0.05) is 51.1 Å². The maximum atomic E-state index is 13.9. The predicted octanol–water partition coefficient (Wildman–Crippen LogP) is 7.44. The zero-order chi connectivity index (χ0) is 29.3. The molecule has 41 heavy (non-hydrogen) atoms. The van der Waals surface area contributed by atoms with E-state index in [9.17, 15) is 9.59 Å². The second kappa shape index (κ2) is 11.2. The summed E-state index contributed by atoms with van der Waals surface area (Å²) in [4.78, 5) is 31.0. The number of methoxy groups -OCH3 is 2. The molecule has 2 aromatic carbocycles. The number of carbonyl (C=O) groups excluding carboxylic acids is 2. The molecule has 0 fully saturated rings. The monoisotopic (exact) mass is 553 g/mol. The van der Waals surface area contributed by atoms with Gasteiger partial charge < -0.3 is 18.6 Å². The van der Waals surface area contributed by atoms with Gasteiger partial charge in [0.05, 0.1) is 31.0 Å². The lowest BCUT2D eigenvalue weighted by Crippen LogP contribution is -2.28. The van der Waals surface area contributed by atoms with Crippen molar-refractivity contribution in [1.29, 1.82) is 0 Å². The summed E-state index contributed by atoms with van der Waals surface area (Å²) in [5.41, 5.74) is 5.41. The number of furan rings is 1. The van der Waals surface area contributed by atoms with Crippen LogP contribution < -0.4 is 4.74 Å². The van der Waals surface area contributed by atoms with Crippen LogP contribution in [0.4, 0.5) is 0 Å². The minimum atomic E-state index is -0.498. The van der Waals surface area contributed by atoms with Gasteiger partial charge in [-0.05, 0) is 78.1 Å². The Bertz CT molecular complexity index is 1640. The highest BCUT2D eigenvalue weighted by molar-refractivity contribution is 6.06. The smallest absolute Gasteiger partial charge is 0.341 e. The summed E-state index contributed by atoms with van der Waals surface area (Å²) >= 11 is 0. The zero-order valence-electron chi connectivity index (χ0n) is 24.4. The van der Waals surface area contributed by atoms with Gasteiger partial charge >= 0.3 is 11.9 Å². The van der Waals surface area contributed by atoms with Crippen LogP contribution in [0, 0.1) is 18.3 Å². The Hall–Kier alpha value is -4.39. The van der Waals surface area contributed by atoms with Crippen molar-refractivity contribution in [3.05, 3.63) is 94.1 Å². The Labute approximate surface area is 240 Å². The van der Waals surface area contributed by atoms with Crippen LogP contribution in [-0.4, -0.2) is 31.1 Å². The number of benzene rings is 2. The molecule has 0 radical (unpaired) electrons. The average Bonchev–Trinajstić information content (AvgIpc) is 3.34. The summed E-state index contributed by atoms with van der Waals surface area (Å²) in [6, 6.07) is 17.2. The third kappa shape index (κ3) is 5.75. The molecule has 7 heteroatoms. The summed E-state index contributed by atoms with van der Waals surface area (Å²) in [5.74, 6) is 0.911. The number of allylic oxidation sites excluding steroid dienone is 1. The van der Waals surface area contributed by atoms with Gasteiger partial charge in [-0.3, -0.25) is 0 Å². The van der Waals surface area contributed by atoms with Gasteiger partial charge in [0, 0.05) is 5.39 Å². The fourth-order valence-corrected chi connectivity index (χ4v) is 5.41. The summed E-state index contributed by atoms with van der Waals surface area (Å²) in [7, 11) is 2.97. The fourth-order valence-electron chi connectivity index (χ4n) is 5.41. The van der Waals surface area contributed by atoms with Crippen LogP contribution in [0.25, 0.3) is 22.6 Å². The van der Waals surface area contributed by atoms with E-state index in [2.05, 4.69) is 26.8 Å². The Morgan fingerprint density at radius 1 is 1.02 bits per heavy atom. The number of aromatic nitrogens is 1. The van der Waals surface area contributed by atoms with Crippen molar-refractivity contribution in [1.82, 2.24) is 4.98 Å². The van der Waals surface area contributed by atoms with E-state index in [1.54, 1.807) is 20.1 Å². The maximum Gasteiger partial charge on any atom is 0.341 e. The number of hydrogen-bond acceptors (Lipinski definition) is 7. The van der Waals surface area contributed by atoms with E-state index in [1.165, 1.54) is 7.11 Å². The lowest BCUT2D eigenvalue weighted by Gasteiger charge is -2.36. The second-order valence-electron chi connectivity index (χ2n) is 11.5. The van der Waals surface area contributed by atoms with Gasteiger partial charge in [0.15, 0.2) is 0 Å². The van der Waals surface area contributed by atoms with E-state index in [-0.39, 0.29) is 17.9 Å². The van der Waals surface area contributed by atoms with Gasteiger partial charge in [-0.25, -0.2) is 14.6 Å². The highest BCUT2D eigenvalue weighted by atomic mass is 16.5. The minimum absolute atomic E-state index is 0.000506. The van der Waals surface area contributed by atoms with Crippen molar-refractivity contribution in [2.24, 2.45) is 11.3 Å². The molecule has 4 aromatic rings. The Kier molecular flexibility index (Phi) is 7.72. The first kappa shape index (κ1) is 28.1. The molecular formula is C34H35NO6. The maximum absolute atomic E-state index is 13.9. The molecule has 1 aliphatic carbocycles. The molecule has 2 aromatic heterocycles. The largest absolute Gasteiger partial charge is 0.497 e. The third-order valence-electron chi connectivity index (χ3n) is 7.82. The van der Waals surface area contributed by atoms with E-state index < -0.39 is 11.9 Å². The number of rotatable bonds is 6. The molecule has 5 rings (SSSR count). The first-order valence-corrected chi connectivity index (χ1v) is 13.7. The summed E-state index contributed by atoms with van der Waals surface area (Å²) in [5, 5.41) is 0.750. The third-order valence-corrected chi connectivity index (χ3v) is 7.82. The van der Waals surface area contributed by atoms with Crippen LogP contribution in [0.1, 0.15) is 76.2 Å². The van der Waals surface area contributed by atoms with Crippen LogP contribution in [0.15, 0.2) is 59.0 Å². The molecule has 7 nitrogen and oxygen atoms in total. The van der Waals surface area contributed by atoms with Crippen molar-refractivity contribution < 1.29 is 28.2 Å². The Balaban J connectivity index is 1.59. The molecule has 212 valence electrons. The molecule has 0 saturated carbocycles. The Morgan fingerprint density at radius 3 is 2.44 bits per heavy atom. The molecular weight excluding hydrogens is 518 g/mol. The number of pyridine rings is 1. The standard InChI is InChI=1S/C34H35NO6/c1-20-27(32(36)39-6)18-25(41-20)19-40-33(37)30-26-9-7-8-10-29(26)35-31-22(15-21-11-13-24(38-5)14-12-21)16-23(17-28(30)31)34(2,3)4/h7-15,18,23H,16-17,19H2,1-6H3/b22-15-/t23-/m0/s1. The van der Waals surface area contributed by atoms with Gasteiger partial charge in [0.1, 0.15) is 29.4 Å². The normalized spacial score (nSPS) is 16.0. The highest BCUT2D eigenvalue weighted by Crippen LogP contribution is 2.45. The molecule has 2 heterocycles. The van der Waals surface area contributed by atoms with Crippen LogP contribution in [0.2, 0.25) is 0 Å². The number of nitrogens with zero attached hydrogens (tertiary/aromatic N) is 1. The SMILES string of the molecule is COC(=O)c1cc(COC(=O)c2c3c(nc4ccccc24)/C(=C\c2ccc(OC)cc2)C[C@H](C(C)(C)C)C3)oc1C. The van der Waals surface area contributed by atoms with Crippen molar-refractivity contribution in [2.45, 2.75) is 47.1 Å². The number of hydrogen-bond donors (Lipinski definition) is 0. The van der Waals surface area contributed by atoms with Gasteiger partial charge in [-0.2, -0.15) is 0 Å². The first-order valence-electron chi connectivity index (χ1n) is 13.7. The van der Waals surface area contributed by atoms with Crippen molar-refractivity contribution in [3.63, 3.8) is 0 Å². The molecule has 0 amide bonds. The fraction of sp³-hybridized carbons (Fsp3) is 0.324. The topological polar surface area (TPSA) is 87.9 Å².